The van der Waals surface area contributed by atoms with Crippen LogP contribution in [0, 0.1) is 0 Å². The van der Waals surface area contributed by atoms with Crippen molar-refractivity contribution >= 4 is 26.7 Å². The molecule has 6 aromatic rings. The van der Waals surface area contributed by atoms with E-state index in [2.05, 4.69) is 143 Å². The highest BCUT2D eigenvalue weighted by Crippen LogP contribution is 2.57. The summed E-state index contributed by atoms with van der Waals surface area (Å²) >= 11 is 3.62. The first-order valence-corrected chi connectivity index (χ1v) is 12.7. The van der Waals surface area contributed by atoms with Gasteiger partial charge in [0.2, 0.25) is 0 Å². The van der Waals surface area contributed by atoms with Gasteiger partial charge in [-0.25, -0.2) is 0 Å². The molecule has 0 fully saturated rings. The maximum atomic E-state index is 3.62. The molecule has 1 aliphatic rings. The van der Waals surface area contributed by atoms with Crippen molar-refractivity contribution in [2.75, 3.05) is 0 Å². The summed E-state index contributed by atoms with van der Waals surface area (Å²) in [5.74, 6) is 0. The van der Waals surface area contributed by atoms with Crippen LogP contribution in [-0.4, -0.2) is 0 Å². The van der Waals surface area contributed by atoms with Gasteiger partial charge in [0.25, 0.3) is 0 Å². The van der Waals surface area contributed by atoms with Gasteiger partial charge in [0.05, 0.1) is 0 Å². The lowest BCUT2D eigenvalue weighted by Crippen LogP contribution is -1.94. The Morgan fingerprint density at radius 2 is 0.914 bits per heavy atom. The van der Waals surface area contributed by atoms with Crippen molar-refractivity contribution in [1.29, 1.82) is 0 Å². The van der Waals surface area contributed by atoms with E-state index in [1.54, 1.807) is 0 Å². The molecule has 0 aliphatic heterocycles. The molecule has 0 aromatic heterocycles. The molecule has 0 N–H and O–H groups in total. The molecule has 35 heavy (non-hydrogen) atoms. The first kappa shape index (κ1) is 20.4. The molecule has 1 heteroatoms. The Hall–Kier alpha value is -3.94. The van der Waals surface area contributed by atoms with Gasteiger partial charge in [-0.15, -0.1) is 0 Å². The lowest BCUT2D eigenvalue weighted by Gasteiger charge is -2.21. The maximum Gasteiger partial charge on any atom is 0.0175 e. The van der Waals surface area contributed by atoms with E-state index in [1.165, 1.54) is 66.4 Å². The topological polar surface area (TPSA) is 0 Å². The zero-order valence-electron chi connectivity index (χ0n) is 19.0. The Kier molecular flexibility index (Phi) is 4.72. The quantitative estimate of drug-likeness (QED) is 0.222. The number of benzene rings is 6. The number of rotatable bonds is 3. The van der Waals surface area contributed by atoms with Crippen LogP contribution >= 0.6 is 15.9 Å². The molecule has 0 heterocycles. The summed E-state index contributed by atoms with van der Waals surface area (Å²) in [6.45, 7) is 0. The van der Waals surface area contributed by atoms with Crippen LogP contribution in [0.5, 0.6) is 0 Å². The monoisotopic (exact) mass is 508 g/mol. The zero-order valence-corrected chi connectivity index (χ0v) is 20.6. The standard InChI is InChI=1S/C34H21Br/c35-26-19-17-23(18-20-26)29-21-30(22-9-3-1-4-10-22)33-27-15-7-13-24-14-8-16-28(31(24)27)34(33)32(29)25-11-5-2-6-12-25/h1-21H. The van der Waals surface area contributed by atoms with Crippen LogP contribution < -0.4 is 0 Å². The first-order chi connectivity index (χ1) is 17.3. The highest BCUT2D eigenvalue weighted by molar-refractivity contribution is 9.10. The normalized spacial score (nSPS) is 11.6. The van der Waals surface area contributed by atoms with Gasteiger partial charge in [-0.3, -0.25) is 0 Å². The van der Waals surface area contributed by atoms with Crippen molar-refractivity contribution in [3.8, 4) is 55.6 Å². The van der Waals surface area contributed by atoms with E-state index in [1.807, 2.05) is 0 Å². The Morgan fingerprint density at radius 1 is 0.371 bits per heavy atom. The van der Waals surface area contributed by atoms with Crippen molar-refractivity contribution in [1.82, 2.24) is 0 Å². The van der Waals surface area contributed by atoms with E-state index in [9.17, 15) is 0 Å². The SMILES string of the molecule is Brc1ccc(-c2cc(-c3ccccc3)c3c(c2-c2ccccc2)-c2cccc4cccc-3c24)cc1. The van der Waals surface area contributed by atoms with Crippen LogP contribution in [0.3, 0.4) is 0 Å². The fourth-order valence-electron chi connectivity index (χ4n) is 5.60. The molecule has 0 amide bonds. The first-order valence-electron chi connectivity index (χ1n) is 11.9. The molecule has 164 valence electrons. The average Bonchev–Trinajstić information content (AvgIpc) is 3.26. The van der Waals surface area contributed by atoms with Gasteiger partial charge >= 0.3 is 0 Å². The number of hydrogen-bond donors (Lipinski definition) is 0. The highest BCUT2D eigenvalue weighted by Gasteiger charge is 2.29. The van der Waals surface area contributed by atoms with Crippen molar-refractivity contribution in [3.05, 3.63) is 132 Å². The van der Waals surface area contributed by atoms with E-state index in [0.717, 1.165) is 4.47 Å². The van der Waals surface area contributed by atoms with Crippen LogP contribution in [0.1, 0.15) is 0 Å². The molecule has 0 bridgehead atoms. The highest BCUT2D eigenvalue weighted by atomic mass is 79.9. The zero-order chi connectivity index (χ0) is 23.4. The minimum atomic E-state index is 1.09. The molecular weight excluding hydrogens is 488 g/mol. The second kappa shape index (κ2) is 8.08. The van der Waals surface area contributed by atoms with E-state index in [-0.39, 0.29) is 0 Å². The van der Waals surface area contributed by atoms with Crippen LogP contribution in [-0.2, 0) is 0 Å². The summed E-state index contributed by atoms with van der Waals surface area (Å²) in [5, 5.41) is 2.65. The minimum absolute atomic E-state index is 1.09. The van der Waals surface area contributed by atoms with Crippen molar-refractivity contribution < 1.29 is 0 Å². The van der Waals surface area contributed by atoms with E-state index < -0.39 is 0 Å². The molecule has 0 atom stereocenters. The molecule has 0 unspecified atom stereocenters. The Labute approximate surface area is 213 Å². The molecule has 0 spiro atoms. The summed E-state index contributed by atoms with van der Waals surface area (Å²) in [7, 11) is 0. The summed E-state index contributed by atoms with van der Waals surface area (Å²) in [6, 6.07) is 46.2. The fourth-order valence-corrected chi connectivity index (χ4v) is 5.86. The van der Waals surface area contributed by atoms with Crippen molar-refractivity contribution in [3.63, 3.8) is 0 Å². The molecule has 0 nitrogen and oxygen atoms in total. The van der Waals surface area contributed by atoms with Gasteiger partial charge in [-0.05, 0) is 84.6 Å². The molecule has 0 saturated carbocycles. The average molecular weight is 509 g/mol. The third-order valence-electron chi connectivity index (χ3n) is 7.07. The van der Waals surface area contributed by atoms with Crippen LogP contribution in [0.25, 0.3) is 66.4 Å². The van der Waals surface area contributed by atoms with Crippen LogP contribution in [0.2, 0.25) is 0 Å². The smallest absolute Gasteiger partial charge is 0.0175 e. The fraction of sp³-hybridized carbons (Fsp3) is 0. The molecule has 1 aliphatic carbocycles. The van der Waals surface area contributed by atoms with E-state index in [0.29, 0.717) is 0 Å². The van der Waals surface area contributed by atoms with E-state index in [4.69, 9.17) is 0 Å². The number of fused-ring (bicyclic) bond motifs is 3. The molecule has 7 rings (SSSR count). The minimum Gasteiger partial charge on any atom is -0.0622 e. The lowest BCUT2D eigenvalue weighted by atomic mass is 9.82. The summed E-state index contributed by atoms with van der Waals surface area (Å²) in [6.07, 6.45) is 0. The Morgan fingerprint density at radius 3 is 1.57 bits per heavy atom. The third kappa shape index (κ3) is 3.20. The van der Waals surface area contributed by atoms with Gasteiger partial charge < -0.3 is 0 Å². The number of halogens is 1. The second-order valence-electron chi connectivity index (χ2n) is 9.04. The maximum absolute atomic E-state index is 3.62. The molecule has 6 aromatic carbocycles. The summed E-state index contributed by atoms with van der Waals surface area (Å²) < 4.78 is 1.09. The summed E-state index contributed by atoms with van der Waals surface area (Å²) in [4.78, 5) is 0. The largest absolute Gasteiger partial charge is 0.0622 e. The number of hydrogen-bond acceptors (Lipinski definition) is 0. The van der Waals surface area contributed by atoms with Crippen molar-refractivity contribution in [2.24, 2.45) is 0 Å². The van der Waals surface area contributed by atoms with Gasteiger partial charge in [-0.2, -0.15) is 0 Å². The van der Waals surface area contributed by atoms with Crippen LogP contribution in [0.15, 0.2) is 132 Å². The van der Waals surface area contributed by atoms with Gasteiger partial charge in [0.15, 0.2) is 0 Å². The summed E-state index contributed by atoms with van der Waals surface area (Å²) in [5.41, 5.74) is 12.9. The van der Waals surface area contributed by atoms with Gasteiger partial charge in [0.1, 0.15) is 0 Å². The predicted octanol–water partition coefficient (Wildman–Crippen LogP) is 10.3. The molecule has 0 radical (unpaired) electrons. The van der Waals surface area contributed by atoms with Gasteiger partial charge in [0, 0.05) is 4.47 Å². The third-order valence-corrected chi connectivity index (χ3v) is 7.60. The Bertz CT molecular complexity index is 1710. The van der Waals surface area contributed by atoms with Gasteiger partial charge in [-0.1, -0.05) is 125 Å². The Balaban J connectivity index is 1.69. The predicted molar refractivity (Wildman–Crippen MR) is 152 cm³/mol. The second-order valence-corrected chi connectivity index (χ2v) is 9.96. The molecular formula is C34H21Br. The molecule has 0 saturated heterocycles. The lowest BCUT2D eigenvalue weighted by molar-refractivity contribution is 1.55. The van der Waals surface area contributed by atoms with E-state index >= 15 is 0 Å². The van der Waals surface area contributed by atoms with Crippen molar-refractivity contribution in [2.45, 2.75) is 0 Å². The van der Waals surface area contributed by atoms with Crippen LogP contribution in [0.4, 0.5) is 0 Å².